The van der Waals surface area contributed by atoms with Crippen molar-refractivity contribution in [3.8, 4) is 22.6 Å². The maximum absolute atomic E-state index is 13.2. The first-order chi connectivity index (χ1) is 18.9. The summed E-state index contributed by atoms with van der Waals surface area (Å²) in [6.07, 6.45) is 1.49. The van der Waals surface area contributed by atoms with E-state index in [-0.39, 0.29) is 11.7 Å². The summed E-state index contributed by atoms with van der Waals surface area (Å²) in [5.74, 6) is -0.332. The number of hydrogen-bond acceptors (Lipinski definition) is 5. The molecule has 2 N–H and O–H groups in total. The molecule has 194 valence electrons. The Bertz CT molecular complexity index is 1700. The van der Waals surface area contributed by atoms with Crippen LogP contribution in [0, 0.1) is 3.57 Å². The number of rotatable bonds is 7. The van der Waals surface area contributed by atoms with Crippen LogP contribution in [0.4, 0.5) is 0 Å². The average Bonchev–Trinajstić information content (AvgIpc) is 3.35. The highest BCUT2D eigenvalue weighted by Gasteiger charge is 2.20. The summed E-state index contributed by atoms with van der Waals surface area (Å²) >= 11 is 8.13. The third-order valence-corrected chi connectivity index (χ3v) is 7.07. The highest BCUT2D eigenvalue weighted by atomic mass is 127. The third kappa shape index (κ3) is 5.81. The van der Waals surface area contributed by atoms with Gasteiger partial charge in [-0.2, -0.15) is 5.10 Å². The zero-order valence-corrected chi connectivity index (χ0v) is 23.5. The molecule has 1 amide bonds. The quantitative estimate of drug-likeness (QED) is 0.0648. The summed E-state index contributed by atoms with van der Waals surface area (Å²) < 4.78 is 11.9. The minimum absolute atomic E-state index is 0.249. The molecule has 5 aromatic rings. The number of nitrogens with one attached hydrogen (secondary N) is 2. The predicted octanol–water partition coefficient (Wildman–Crippen LogP) is 7.08. The van der Waals surface area contributed by atoms with Crippen LogP contribution in [0.1, 0.15) is 26.4 Å². The third-order valence-electron chi connectivity index (χ3n) is 5.92. The van der Waals surface area contributed by atoms with Crippen LogP contribution in [0.3, 0.4) is 0 Å². The van der Waals surface area contributed by atoms with Gasteiger partial charge in [0.1, 0.15) is 5.69 Å². The maximum atomic E-state index is 13.2. The lowest BCUT2D eigenvalue weighted by Gasteiger charge is -2.10. The van der Waals surface area contributed by atoms with Crippen LogP contribution < -0.4 is 14.9 Å². The Morgan fingerprint density at radius 2 is 1.72 bits per heavy atom. The van der Waals surface area contributed by atoms with Crippen molar-refractivity contribution in [2.75, 3.05) is 7.11 Å². The van der Waals surface area contributed by atoms with Gasteiger partial charge in [-0.25, -0.2) is 10.2 Å². The second-order valence-corrected chi connectivity index (χ2v) is 10.0. The normalized spacial score (nSPS) is 11.1. The molecule has 0 aliphatic heterocycles. The smallest absolute Gasteiger partial charge is 0.343 e. The summed E-state index contributed by atoms with van der Waals surface area (Å²) in [5, 5.41) is 5.62. The number of aromatic amines is 1. The molecule has 0 unspecified atom stereocenters. The molecule has 5 rings (SSSR count). The van der Waals surface area contributed by atoms with Crippen molar-refractivity contribution in [3.05, 3.63) is 116 Å². The molecule has 0 atom stereocenters. The highest BCUT2D eigenvalue weighted by molar-refractivity contribution is 14.1. The van der Waals surface area contributed by atoms with Gasteiger partial charge in [-0.1, -0.05) is 54.1 Å². The van der Waals surface area contributed by atoms with E-state index in [4.69, 9.17) is 21.1 Å². The molecule has 39 heavy (non-hydrogen) atoms. The number of carbonyl (C=O) groups is 2. The number of methoxy groups -OCH3 is 1. The number of hydrogen-bond donors (Lipinski definition) is 2. The molecule has 1 heterocycles. The second kappa shape index (κ2) is 11.7. The van der Waals surface area contributed by atoms with Crippen LogP contribution in [0.2, 0.25) is 5.02 Å². The first-order valence-corrected chi connectivity index (χ1v) is 13.2. The molecule has 0 fully saturated rings. The van der Waals surface area contributed by atoms with E-state index in [0.717, 1.165) is 25.6 Å². The standard InChI is InChI=1S/C30H21ClIN3O4/c1-38-25-16-18(10-15-24(25)39-30(37)20-11-13-21(31)14-12-20)17-33-35-29(36)28-26(19-6-3-2-4-7-19)22-8-5-9-23(32)27(22)34-28/h2-17,34H,1H3,(H,35,36). The Labute approximate surface area is 242 Å². The average molecular weight is 650 g/mol. The number of fused-ring (bicyclic) bond motifs is 1. The fraction of sp³-hybridized carbons (Fsp3) is 0.0333. The Kier molecular flexibility index (Phi) is 7.94. The fourth-order valence-electron chi connectivity index (χ4n) is 4.07. The number of H-pyrrole nitrogens is 1. The largest absolute Gasteiger partial charge is 0.493 e. The Morgan fingerprint density at radius 3 is 2.46 bits per heavy atom. The van der Waals surface area contributed by atoms with E-state index in [9.17, 15) is 9.59 Å². The topological polar surface area (TPSA) is 92.8 Å². The predicted molar refractivity (Wildman–Crippen MR) is 161 cm³/mol. The van der Waals surface area contributed by atoms with Crippen LogP contribution in [-0.4, -0.2) is 30.2 Å². The number of aromatic nitrogens is 1. The lowest BCUT2D eigenvalue weighted by molar-refractivity contribution is 0.0729. The van der Waals surface area contributed by atoms with Crippen molar-refractivity contribution in [1.29, 1.82) is 0 Å². The Hall–Kier alpha value is -4.15. The SMILES string of the molecule is COc1cc(C=NNC(=O)c2[nH]c3c(I)cccc3c2-c2ccccc2)ccc1OC(=O)c1ccc(Cl)cc1. The number of hydrazone groups is 1. The van der Waals surface area contributed by atoms with Gasteiger partial charge in [0.25, 0.3) is 5.91 Å². The van der Waals surface area contributed by atoms with Crippen molar-refractivity contribution in [1.82, 2.24) is 10.4 Å². The molecule has 0 aliphatic carbocycles. The van der Waals surface area contributed by atoms with E-state index in [2.05, 4.69) is 38.1 Å². The van der Waals surface area contributed by atoms with Gasteiger partial charge in [-0.3, -0.25) is 4.79 Å². The van der Waals surface area contributed by atoms with E-state index in [0.29, 0.717) is 27.6 Å². The van der Waals surface area contributed by atoms with Crippen molar-refractivity contribution >= 4 is 63.2 Å². The van der Waals surface area contributed by atoms with E-state index >= 15 is 0 Å². The molecule has 4 aromatic carbocycles. The lowest BCUT2D eigenvalue weighted by atomic mass is 10.0. The number of amides is 1. The van der Waals surface area contributed by atoms with Gasteiger partial charge in [0, 0.05) is 19.5 Å². The summed E-state index contributed by atoms with van der Waals surface area (Å²) in [6, 6.07) is 27.0. The number of esters is 1. The number of ether oxygens (including phenoxy) is 2. The van der Waals surface area contributed by atoms with E-state index in [1.165, 1.54) is 13.3 Å². The van der Waals surface area contributed by atoms with Gasteiger partial charge in [0.15, 0.2) is 11.5 Å². The molecule has 0 saturated carbocycles. The maximum Gasteiger partial charge on any atom is 0.343 e. The first-order valence-electron chi connectivity index (χ1n) is 11.8. The van der Waals surface area contributed by atoms with Crippen molar-refractivity contribution in [3.63, 3.8) is 0 Å². The molecule has 7 nitrogen and oxygen atoms in total. The highest BCUT2D eigenvalue weighted by Crippen LogP contribution is 2.34. The lowest BCUT2D eigenvalue weighted by Crippen LogP contribution is -2.18. The number of nitrogens with zero attached hydrogens (tertiary/aromatic N) is 1. The monoisotopic (exact) mass is 649 g/mol. The second-order valence-electron chi connectivity index (χ2n) is 8.41. The van der Waals surface area contributed by atoms with Crippen molar-refractivity contribution < 1.29 is 19.1 Å². The summed E-state index contributed by atoms with van der Waals surface area (Å²) in [7, 11) is 1.47. The van der Waals surface area contributed by atoms with E-state index < -0.39 is 5.97 Å². The summed E-state index contributed by atoms with van der Waals surface area (Å²) in [6.45, 7) is 0. The number of carbonyl (C=O) groups excluding carboxylic acids is 2. The van der Waals surface area contributed by atoms with Crippen molar-refractivity contribution in [2.24, 2.45) is 5.10 Å². The molecule has 1 aromatic heterocycles. The summed E-state index contributed by atoms with van der Waals surface area (Å²) in [4.78, 5) is 29.0. The minimum Gasteiger partial charge on any atom is -0.493 e. The molecule has 0 saturated heterocycles. The zero-order chi connectivity index (χ0) is 27.4. The number of halogens is 2. The first kappa shape index (κ1) is 26.5. The fourth-order valence-corrected chi connectivity index (χ4v) is 4.83. The molecule has 0 spiro atoms. The Balaban J connectivity index is 1.35. The minimum atomic E-state index is -0.541. The van der Waals surface area contributed by atoms with Gasteiger partial charge < -0.3 is 14.5 Å². The molecule has 0 bridgehead atoms. The van der Waals surface area contributed by atoms with Crippen LogP contribution >= 0.6 is 34.2 Å². The van der Waals surface area contributed by atoms with Crippen LogP contribution in [0.5, 0.6) is 11.5 Å². The van der Waals surface area contributed by atoms with Crippen LogP contribution in [0.15, 0.2) is 96.1 Å². The van der Waals surface area contributed by atoms with Crippen LogP contribution in [0.25, 0.3) is 22.0 Å². The molecule has 0 aliphatic rings. The summed E-state index contributed by atoms with van der Waals surface area (Å²) in [5.41, 5.74) is 6.64. The molecular weight excluding hydrogens is 629 g/mol. The number of benzene rings is 4. The van der Waals surface area contributed by atoms with Crippen LogP contribution in [-0.2, 0) is 0 Å². The van der Waals surface area contributed by atoms with Gasteiger partial charge in [0.05, 0.1) is 24.4 Å². The number of para-hydroxylation sites is 1. The van der Waals surface area contributed by atoms with Gasteiger partial charge in [-0.05, 0) is 82.2 Å². The molecule has 0 radical (unpaired) electrons. The van der Waals surface area contributed by atoms with Gasteiger partial charge >= 0.3 is 5.97 Å². The van der Waals surface area contributed by atoms with Gasteiger partial charge in [-0.15, -0.1) is 0 Å². The van der Waals surface area contributed by atoms with E-state index in [1.54, 1.807) is 42.5 Å². The molecule has 9 heteroatoms. The van der Waals surface area contributed by atoms with E-state index in [1.807, 2.05) is 48.5 Å². The Morgan fingerprint density at radius 1 is 0.949 bits per heavy atom. The zero-order valence-electron chi connectivity index (χ0n) is 20.6. The van der Waals surface area contributed by atoms with Gasteiger partial charge in [0.2, 0.25) is 0 Å². The van der Waals surface area contributed by atoms with Crippen molar-refractivity contribution in [2.45, 2.75) is 0 Å². The molecular formula is C30H21ClIN3O4.